The number of amides is 1. The molecule has 31 heavy (non-hydrogen) atoms. The maximum absolute atomic E-state index is 12.3. The SMILES string of the molecule is CC(C)C(=O)OCC(=O)NCC(c1ccc(N(C)C)cc1)N1CCc2ccccc2C1. The van der Waals surface area contributed by atoms with Crippen LogP contribution in [0.3, 0.4) is 0 Å². The van der Waals surface area contributed by atoms with E-state index in [2.05, 4.69) is 63.6 Å². The quantitative estimate of drug-likeness (QED) is 0.661. The van der Waals surface area contributed by atoms with Gasteiger partial charge in [0.2, 0.25) is 0 Å². The number of benzene rings is 2. The lowest BCUT2D eigenvalue weighted by Crippen LogP contribution is -2.41. The second kappa shape index (κ2) is 10.4. The van der Waals surface area contributed by atoms with Crippen molar-refractivity contribution in [3.05, 3.63) is 65.2 Å². The van der Waals surface area contributed by atoms with E-state index in [4.69, 9.17) is 4.74 Å². The third kappa shape index (κ3) is 6.07. The molecule has 0 aromatic heterocycles. The van der Waals surface area contributed by atoms with Crippen LogP contribution >= 0.6 is 0 Å². The molecule has 1 atom stereocenters. The Kier molecular flexibility index (Phi) is 7.69. The van der Waals surface area contributed by atoms with E-state index in [1.807, 2.05) is 14.1 Å². The number of rotatable bonds is 8. The summed E-state index contributed by atoms with van der Waals surface area (Å²) < 4.78 is 5.07. The minimum Gasteiger partial charge on any atom is -0.455 e. The van der Waals surface area contributed by atoms with E-state index in [1.54, 1.807) is 13.8 Å². The first-order valence-electron chi connectivity index (χ1n) is 10.9. The van der Waals surface area contributed by atoms with E-state index in [1.165, 1.54) is 11.1 Å². The summed E-state index contributed by atoms with van der Waals surface area (Å²) in [6, 6.07) is 17.0. The van der Waals surface area contributed by atoms with Crippen LogP contribution in [0.25, 0.3) is 0 Å². The summed E-state index contributed by atoms with van der Waals surface area (Å²) in [5.74, 6) is -0.885. The van der Waals surface area contributed by atoms with Crippen molar-refractivity contribution >= 4 is 17.6 Å². The van der Waals surface area contributed by atoms with Crippen LogP contribution in [0.5, 0.6) is 0 Å². The summed E-state index contributed by atoms with van der Waals surface area (Å²) in [4.78, 5) is 28.4. The molecule has 6 nitrogen and oxygen atoms in total. The molecule has 6 heteroatoms. The number of nitrogens with one attached hydrogen (secondary N) is 1. The molecule has 1 aliphatic rings. The maximum Gasteiger partial charge on any atom is 0.308 e. The van der Waals surface area contributed by atoms with Crippen molar-refractivity contribution in [3.8, 4) is 0 Å². The molecule has 0 radical (unpaired) electrons. The van der Waals surface area contributed by atoms with Crippen LogP contribution in [0.1, 0.15) is 36.6 Å². The number of ether oxygens (including phenoxy) is 1. The first kappa shape index (κ1) is 22.8. The number of carbonyl (C=O) groups is 2. The number of nitrogens with zero attached hydrogens (tertiary/aromatic N) is 2. The van der Waals surface area contributed by atoms with Crippen LogP contribution in [0.2, 0.25) is 0 Å². The lowest BCUT2D eigenvalue weighted by atomic mass is 9.96. The average molecular weight is 424 g/mol. The molecule has 1 heterocycles. The fraction of sp³-hybridized carbons (Fsp3) is 0.440. The van der Waals surface area contributed by atoms with Gasteiger partial charge in [0.25, 0.3) is 5.91 Å². The first-order valence-corrected chi connectivity index (χ1v) is 10.9. The highest BCUT2D eigenvalue weighted by Crippen LogP contribution is 2.28. The van der Waals surface area contributed by atoms with Gasteiger partial charge in [-0.15, -0.1) is 0 Å². The van der Waals surface area contributed by atoms with Crippen LogP contribution in [0.15, 0.2) is 48.5 Å². The minimum atomic E-state index is -0.362. The zero-order chi connectivity index (χ0) is 22.4. The molecule has 2 aromatic rings. The van der Waals surface area contributed by atoms with Crippen molar-refractivity contribution in [3.63, 3.8) is 0 Å². The standard InChI is InChI=1S/C25H33N3O3/c1-18(2)25(30)31-17-24(29)26-15-23(20-9-11-22(12-10-20)27(3)4)28-14-13-19-7-5-6-8-21(19)16-28/h5-12,18,23H,13-17H2,1-4H3,(H,26,29). The molecule has 0 bridgehead atoms. The Hall–Kier alpha value is -2.86. The van der Waals surface area contributed by atoms with E-state index in [-0.39, 0.29) is 30.4 Å². The Balaban J connectivity index is 1.72. The lowest BCUT2D eigenvalue weighted by Gasteiger charge is -2.36. The van der Waals surface area contributed by atoms with Gasteiger partial charge in [0.15, 0.2) is 6.61 Å². The minimum absolute atomic E-state index is 0.0364. The lowest BCUT2D eigenvalue weighted by molar-refractivity contribution is -0.151. The second-order valence-corrected chi connectivity index (χ2v) is 8.56. The highest BCUT2D eigenvalue weighted by molar-refractivity contribution is 5.81. The maximum atomic E-state index is 12.3. The molecule has 3 rings (SSSR count). The molecule has 1 aliphatic heterocycles. The van der Waals surface area contributed by atoms with Crippen molar-refractivity contribution in [2.75, 3.05) is 38.7 Å². The number of hydrogen-bond donors (Lipinski definition) is 1. The predicted molar refractivity (Wildman–Crippen MR) is 123 cm³/mol. The predicted octanol–water partition coefficient (Wildman–Crippen LogP) is 3.17. The highest BCUT2D eigenvalue weighted by Gasteiger charge is 2.25. The van der Waals surface area contributed by atoms with E-state index >= 15 is 0 Å². The molecular formula is C25H33N3O3. The molecule has 1 N–H and O–H groups in total. The third-order valence-corrected chi connectivity index (χ3v) is 5.70. The van der Waals surface area contributed by atoms with Crippen molar-refractivity contribution in [1.29, 1.82) is 0 Å². The highest BCUT2D eigenvalue weighted by atomic mass is 16.5. The van der Waals surface area contributed by atoms with E-state index in [0.717, 1.165) is 30.8 Å². The fourth-order valence-electron chi connectivity index (χ4n) is 3.80. The molecule has 166 valence electrons. The molecule has 2 aromatic carbocycles. The average Bonchev–Trinajstić information content (AvgIpc) is 2.77. The van der Waals surface area contributed by atoms with Crippen LogP contribution in [-0.2, 0) is 27.3 Å². The van der Waals surface area contributed by atoms with Gasteiger partial charge in [0.1, 0.15) is 0 Å². The summed E-state index contributed by atoms with van der Waals surface area (Å²) in [5.41, 5.74) is 5.02. The monoisotopic (exact) mass is 423 g/mol. The normalized spacial score (nSPS) is 14.6. The largest absolute Gasteiger partial charge is 0.455 e. The van der Waals surface area contributed by atoms with Gasteiger partial charge in [-0.2, -0.15) is 0 Å². The fourth-order valence-corrected chi connectivity index (χ4v) is 3.80. The first-order chi connectivity index (χ1) is 14.8. The van der Waals surface area contributed by atoms with E-state index < -0.39 is 0 Å². The number of carbonyl (C=O) groups excluding carboxylic acids is 2. The van der Waals surface area contributed by atoms with Crippen LogP contribution in [-0.4, -0.2) is 50.6 Å². The molecule has 1 amide bonds. The second-order valence-electron chi connectivity index (χ2n) is 8.56. The van der Waals surface area contributed by atoms with Crippen LogP contribution in [0, 0.1) is 5.92 Å². The third-order valence-electron chi connectivity index (χ3n) is 5.70. The van der Waals surface area contributed by atoms with Gasteiger partial charge >= 0.3 is 5.97 Å². The molecule has 0 aliphatic carbocycles. The smallest absolute Gasteiger partial charge is 0.308 e. The van der Waals surface area contributed by atoms with Gasteiger partial charge in [0, 0.05) is 39.4 Å². The van der Waals surface area contributed by atoms with E-state index in [0.29, 0.717) is 6.54 Å². The molecule has 0 spiro atoms. The summed E-state index contributed by atoms with van der Waals surface area (Å²) >= 11 is 0. The van der Waals surface area contributed by atoms with Gasteiger partial charge in [-0.25, -0.2) is 0 Å². The zero-order valence-electron chi connectivity index (χ0n) is 18.9. The molecule has 0 fully saturated rings. The van der Waals surface area contributed by atoms with E-state index in [9.17, 15) is 9.59 Å². The Morgan fingerprint density at radius 1 is 1.06 bits per heavy atom. The zero-order valence-corrected chi connectivity index (χ0v) is 18.9. The molecule has 0 saturated carbocycles. The Morgan fingerprint density at radius 3 is 2.39 bits per heavy atom. The van der Waals surface area contributed by atoms with Gasteiger partial charge in [-0.1, -0.05) is 50.2 Å². The van der Waals surface area contributed by atoms with Gasteiger partial charge in [-0.05, 0) is 35.2 Å². The van der Waals surface area contributed by atoms with Gasteiger partial charge in [0.05, 0.1) is 12.0 Å². The molecular weight excluding hydrogens is 390 g/mol. The summed E-state index contributed by atoms with van der Waals surface area (Å²) in [6.45, 7) is 5.49. The van der Waals surface area contributed by atoms with Crippen molar-refractivity contribution in [2.45, 2.75) is 32.9 Å². The number of esters is 1. The van der Waals surface area contributed by atoms with Gasteiger partial charge in [-0.3, -0.25) is 14.5 Å². The van der Waals surface area contributed by atoms with Crippen molar-refractivity contribution in [1.82, 2.24) is 10.2 Å². The Morgan fingerprint density at radius 2 is 1.74 bits per heavy atom. The Labute approximate surface area is 185 Å². The van der Waals surface area contributed by atoms with Gasteiger partial charge < -0.3 is 15.0 Å². The molecule has 1 unspecified atom stereocenters. The summed E-state index contributed by atoms with van der Waals surface area (Å²) in [5, 5.41) is 2.97. The van der Waals surface area contributed by atoms with Crippen LogP contribution in [0.4, 0.5) is 5.69 Å². The number of anilines is 1. The summed E-state index contributed by atoms with van der Waals surface area (Å²) in [6.07, 6.45) is 0.988. The van der Waals surface area contributed by atoms with Crippen LogP contribution < -0.4 is 10.2 Å². The van der Waals surface area contributed by atoms with Crippen molar-refractivity contribution < 1.29 is 14.3 Å². The number of hydrogen-bond acceptors (Lipinski definition) is 5. The summed E-state index contributed by atoms with van der Waals surface area (Å²) in [7, 11) is 4.04. The topological polar surface area (TPSA) is 61.9 Å². The Bertz CT molecular complexity index is 893. The molecule has 0 saturated heterocycles. The number of fused-ring (bicyclic) bond motifs is 1. The van der Waals surface area contributed by atoms with Crippen molar-refractivity contribution in [2.24, 2.45) is 5.92 Å².